The summed E-state index contributed by atoms with van der Waals surface area (Å²) in [6.45, 7) is 2.36. The fraction of sp³-hybridized carbons (Fsp3) is 0.462. The van der Waals surface area contributed by atoms with Crippen molar-refractivity contribution in [2.24, 2.45) is 0 Å². The topological polar surface area (TPSA) is 69.8 Å². The van der Waals surface area contributed by atoms with Gasteiger partial charge in [0.05, 0.1) is 11.7 Å². The van der Waals surface area contributed by atoms with Crippen LogP contribution in [-0.2, 0) is 6.42 Å². The number of hydrogen-bond acceptors (Lipinski definition) is 3. The summed E-state index contributed by atoms with van der Waals surface area (Å²) in [6, 6.07) is 3.34. The van der Waals surface area contributed by atoms with E-state index in [2.05, 4.69) is 4.90 Å². The van der Waals surface area contributed by atoms with Crippen molar-refractivity contribution in [2.45, 2.75) is 12.5 Å². The van der Waals surface area contributed by atoms with Crippen molar-refractivity contribution in [3.05, 3.63) is 29.1 Å². The van der Waals surface area contributed by atoms with E-state index in [-0.39, 0.29) is 17.5 Å². The second kappa shape index (κ2) is 4.38. The molecule has 3 rings (SSSR count). The predicted molar refractivity (Wildman–Crippen MR) is 68.4 cm³/mol. The van der Waals surface area contributed by atoms with Gasteiger partial charge in [-0.2, -0.15) is 0 Å². The van der Waals surface area contributed by atoms with E-state index in [9.17, 15) is 9.18 Å². The minimum Gasteiger partial charge on any atom is -0.465 e. The minimum absolute atomic E-state index is 0.0521. The molecule has 2 heterocycles. The van der Waals surface area contributed by atoms with Gasteiger partial charge in [0, 0.05) is 26.2 Å². The number of benzene rings is 1. The molecule has 19 heavy (non-hydrogen) atoms. The van der Waals surface area contributed by atoms with Gasteiger partial charge in [-0.1, -0.05) is 6.07 Å². The molecule has 1 aromatic carbocycles. The van der Waals surface area contributed by atoms with Gasteiger partial charge in [-0.3, -0.25) is 4.90 Å². The molecule has 1 fully saturated rings. The molecular weight excluding hydrogens is 249 g/mol. The van der Waals surface area contributed by atoms with Crippen LogP contribution in [0.3, 0.4) is 0 Å². The minimum atomic E-state index is -0.914. The summed E-state index contributed by atoms with van der Waals surface area (Å²) >= 11 is 0. The summed E-state index contributed by atoms with van der Waals surface area (Å²) in [4.78, 5) is 14.7. The molecule has 0 bridgehead atoms. The zero-order chi connectivity index (χ0) is 13.6. The number of nitrogens with two attached hydrogens (primary N) is 1. The third-order valence-electron chi connectivity index (χ3n) is 4.08. The average Bonchev–Trinajstić information content (AvgIpc) is 2.41. The normalized spacial score (nSPS) is 22.8. The predicted octanol–water partition coefficient (Wildman–Crippen LogP) is 1.30. The van der Waals surface area contributed by atoms with Gasteiger partial charge >= 0.3 is 6.09 Å². The number of hydrogen-bond donors (Lipinski definition) is 2. The molecule has 0 aliphatic carbocycles. The van der Waals surface area contributed by atoms with Crippen LogP contribution in [0.2, 0.25) is 0 Å². The number of rotatable bonds is 0. The van der Waals surface area contributed by atoms with E-state index in [0.717, 1.165) is 12.1 Å². The summed E-state index contributed by atoms with van der Waals surface area (Å²) < 4.78 is 14.0. The zero-order valence-corrected chi connectivity index (χ0v) is 10.5. The molecular formula is C13H16FN3O2. The van der Waals surface area contributed by atoms with E-state index in [1.807, 2.05) is 6.07 Å². The van der Waals surface area contributed by atoms with Crippen LogP contribution in [0.5, 0.6) is 0 Å². The van der Waals surface area contributed by atoms with E-state index in [1.54, 1.807) is 6.07 Å². The third-order valence-corrected chi connectivity index (χ3v) is 4.08. The number of carboxylic acid groups (broad SMARTS) is 1. The Bertz CT molecular complexity index is 535. The Morgan fingerprint density at radius 2 is 2.16 bits per heavy atom. The first-order valence-electron chi connectivity index (χ1n) is 6.36. The van der Waals surface area contributed by atoms with Crippen molar-refractivity contribution in [2.75, 3.05) is 31.9 Å². The van der Waals surface area contributed by atoms with Gasteiger partial charge in [-0.25, -0.2) is 9.18 Å². The lowest BCUT2D eigenvalue weighted by atomic mass is 9.90. The maximum atomic E-state index is 14.0. The van der Waals surface area contributed by atoms with Crippen LogP contribution in [0.15, 0.2) is 12.1 Å². The van der Waals surface area contributed by atoms with Gasteiger partial charge in [-0.05, 0) is 23.6 Å². The average molecular weight is 265 g/mol. The Balaban J connectivity index is 1.97. The van der Waals surface area contributed by atoms with Gasteiger partial charge in [-0.15, -0.1) is 0 Å². The van der Waals surface area contributed by atoms with Crippen LogP contribution in [0.25, 0.3) is 0 Å². The molecule has 0 saturated carbocycles. The molecule has 1 amide bonds. The van der Waals surface area contributed by atoms with E-state index in [1.165, 1.54) is 4.90 Å². The van der Waals surface area contributed by atoms with E-state index >= 15 is 0 Å². The van der Waals surface area contributed by atoms with Crippen LogP contribution in [0.1, 0.15) is 17.2 Å². The molecule has 102 valence electrons. The highest BCUT2D eigenvalue weighted by molar-refractivity contribution is 5.65. The molecule has 2 aliphatic heterocycles. The quantitative estimate of drug-likeness (QED) is 0.694. The van der Waals surface area contributed by atoms with Gasteiger partial charge < -0.3 is 15.7 Å². The second-order valence-corrected chi connectivity index (χ2v) is 5.07. The molecule has 0 radical (unpaired) electrons. The Kier molecular flexibility index (Phi) is 2.82. The van der Waals surface area contributed by atoms with Gasteiger partial charge in [0.15, 0.2) is 0 Å². The molecule has 2 aliphatic rings. The number of piperazine rings is 1. The number of amides is 1. The number of anilines is 1. The molecule has 5 nitrogen and oxygen atoms in total. The Hall–Kier alpha value is -1.82. The number of nitrogens with zero attached hydrogens (tertiary/aromatic N) is 2. The summed E-state index contributed by atoms with van der Waals surface area (Å²) in [7, 11) is 0. The van der Waals surface area contributed by atoms with Crippen molar-refractivity contribution in [3.63, 3.8) is 0 Å². The standard InChI is InChI=1S/C13H16FN3O2/c14-12-9-3-4-16-5-6-17(13(18)19)7-11(16)8(9)1-2-10(12)15/h1-2,11H,3-7,15H2,(H,18,19)/t11-/m1/s1. The fourth-order valence-electron chi connectivity index (χ4n) is 3.03. The largest absolute Gasteiger partial charge is 0.465 e. The fourth-order valence-corrected chi connectivity index (χ4v) is 3.03. The van der Waals surface area contributed by atoms with E-state index in [4.69, 9.17) is 10.8 Å². The summed E-state index contributed by atoms with van der Waals surface area (Å²) in [5.74, 6) is -0.343. The zero-order valence-electron chi connectivity index (χ0n) is 10.5. The highest BCUT2D eigenvalue weighted by Gasteiger charge is 2.35. The lowest BCUT2D eigenvalue weighted by Crippen LogP contribution is -2.52. The van der Waals surface area contributed by atoms with Gasteiger partial charge in [0.1, 0.15) is 5.82 Å². The molecule has 0 spiro atoms. The SMILES string of the molecule is Nc1ccc2c(c1F)CCN1CCN(C(=O)O)C[C@H]21. The second-order valence-electron chi connectivity index (χ2n) is 5.07. The molecule has 6 heteroatoms. The van der Waals surface area contributed by atoms with Crippen molar-refractivity contribution in [3.8, 4) is 0 Å². The van der Waals surface area contributed by atoms with Crippen LogP contribution in [-0.4, -0.2) is 47.2 Å². The molecule has 1 aromatic rings. The Morgan fingerprint density at radius 3 is 2.89 bits per heavy atom. The van der Waals surface area contributed by atoms with Crippen molar-refractivity contribution < 1.29 is 14.3 Å². The van der Waals surface area contributed by atoms with Crippen LogP contribution >= 0.6 is 0 Å². The van der Waals surface area contributed by atoms with Gasteiger partial charge in [0.25, 0.3) is 0 Å². The monoisotopic (exact) mass is 265 g/mol. The lowest BCUT2D eigenvalue weighted by Gasteiger charge is -2.44. The summed E-state index contributed by atoms with van der Waals surface area (Å²) in [5.41, 5.74) is 7.28. The molecule has 0 aromatic heterocycles. The Labute approximate surface area is 110 Å². The molecule has 1 atom stereocenters. The first-order chi connectivity index (χ1) is 9.08. The smallest absolute Gasteiger partial charge is 0.407 e. The number of nitrogen functional groups attached to an aromatic ring is 1. The number of fused-ring (bicyclic) bond motifs is 3. The molecule has 3 N–H and O–H groups in total. The van der Waals surface area contributed by atoms with Crippen LogP contribution in [0.4, 0.5) is 14.9 Å². The highest BCUT2D eigenvalue weighted by Crippen LogP contribution is 2.35. The number of halogens is 1. The maximum Gasteiger partial charge on any atom is 0.407 e. The summed E-state index contributed by atoms with van der Waals surface area (Å²) in [5, 5.41) is 9.09. The molecule has 0 unspecified atom stereocenters. The van der Waals surface area contributed by atoms with Crippen LogP contribution < -0.4 is 5.73 Å². The number of carbonyl (C=O) groups is 1. The van der Waals surface area contributed by atoms with Gasteiger partial charge in [0.2, 0.25) is 0 Å². The van der Waals surface area contributed by atoms with Crippen LogP contribution in [0, 0.1) is 5.82 Å². The molecule has 1 saturated heterocycles. The lowest BCUT2D eigenvalue weighted by molar-refractivity contribution is 0.0629. The highest BCUT2D eigenvalue weighted by atomic mass is 19.1. The summed E-state index contributed by atoms with van der Waals surface area (Å²) in [6.07, 6.45) is -0.279. The van der Waals surface area contributed by atoms with E-state index < -0.39 is 6.09 Å². The van der Waals surface area contributed by atoms with Crippen molar-refractivity contribution in [1.29, 1.82) is 0 Å². The van der Waals surface area contributed by atoms with Crippen molar-refractivity contribution >= 4 is 11.8 Å². The Morgan fingerprint density at radius 1 is 1.37 bits per heavy atom. The third kappa shape index (κ3) is 1.92. The first-order valence-corrected chi connectivity index (χ1v) is 6.36. The van der Waals surface area contributed by atoms with E-state index in [0.29, 0.717) is 31.6 Å². The maximum absolute atomic E-state index is 14.0. The first kappa shape index (κ1) is 12.2. The van der Waals surface area contributed by atoms with Crippen molar-refractivity contribution in [1.82, 2.24) is 9.80 Å².